The zero-order valence-corrected chi connectivity index (χ0v) is 11.0. The van der Waals surface area contributed by atoms with E-state index in [0.29, 0.717) is 0 Å². The molecule has 0 aliphatic rings. The van der Waals surface area contributed by atoms with Crippen molar-refractivity contribution in [3.8, 4) is 0 Å². The molecule has 0 fully saturated rings. The van der Waals surface area contributed by atoms with Crippen LogP contribution < -0.4 is 5.32 Å². The zero-order valence-electron chi connectivity index (χ0n) is 11.0. The standard InChI is InChI=1S/C14H17F2NO2/c1-4-8-17-14(3,13(18)19-5-2)11-7-6-10(15)9-12(11)16/h4,6-7,9,17H,1,5,8H2,2-3H3. The van der Waals surface area contributed by atoms with Crippen molar-refractivity contribution in [1.29, 1.82) is 0 Å². The van der Waals surface area contributed by atoms with Gasteiger partial charge in [-0.2, -0.15) is 0 Å². The molecule has 0 spiro atoms. The molecule has 0 saturated heterocycles. The number of carbonyl (C=O) groups excluding carboxylic acids is 1. The summed E-state index contributed by atoms with van der Waals surface area (Å²) < 4.78 is 31.8. The predicted molar refractivity (Wildman–Crippen MR) is 68.5 cm³/mol. The van der Waals surface area contributed by atoms with Crippen LogP contribution in [0.3, 0.4) is 0 Å². The highest BCUT2D eigenvalue weighted by atomic mass is 19.1. The number of hydrogen-bond donors (Lipinski definition) is 1. The first-order chi connectivity index (χ1) is 8.95. The van der Waals surface area contributed by atoms with Gasteiger partial charge in [0.25, 0.3) is 0 Å². The fourth-order valence-corrected chi connectivity index (χ4v) is 1.72. The van der Waals surface area contributed by atoms with Gasteiger partial charge in [-0.1, -0.05) is 12.1 Å². The Bertz CT molecular complexity index is 477. The summed E-state index contributed by atoms with van der Waals surface area (Å²) in [5.41, 5.74) is -1.35. The Morgan fingerprint density at radius 1 is 1.53 bits per heavy atom. The first-order valence-corrected chi connectivity index (χ1v) is 5.94. The highest BCUT2D eigenvalue weighted by Crippen LogP contribution is 2.26. The van der Waals surface area contributed by atoms with Crippen molar-refractivity contribution in [2.75, 3.05) is 13.2 Å². The number of halogens is 2. The van der Waals surface area contributed by atoms with Crippen molar-refractivity contribution in [2.45, 2.75) is 19.4 Å². The molecular formula is C14H17F2NO2. The molecule has 1 aromatic rings. The third kappa shape index (κ3) is 3.38. The van der Waals surface area contributed by atoms with Crippen LogP contribution in [0.25, 0.3) is 0 Å². The molecule has 19 heavy (non-hydrogen) atoms. The fourth-order valence-electron chi connectivity index (χ4n) is 1.72. The highest BCUT2D eigenvalue weighted by molar-refractivity contribution is 5.82. The van der Waals surface area contributed by atoms with Crippen molar-refractivity contribution in [3.05, 3.63) is 48.1 Å². The first kappa shape index (κ1) is 15.3. The maximum absolute atomic E-state index is 13.9. The molecule has 1 N–H and O–H groups in total. The van der Waals surface area contributed by atoms with Gasteiger partial charge < -0.3 is 4.74 Å². The molecule has 3 nitrogen and oxygen atoms in total. The van der Waals surface area contributed by atoms with Crippen LogP contribution in [0.1, 0.15) is 19.4 Å². The molecule has 104 valence electrons. The topological polar surface area (TPSA) is 38.3 Å². The molecule has 5 heteroatoms. The summed E-state index contributed by atoms with van der Waals surface area (Å²) in [7, 11) is 0. The van der Waals surface area contributed by atoms with E-state index >= 15 is 0 Å². The molecule has 1 atom stereocenters. The van der Waals surface area contributed by atoms with Crippen LogP contribution in [0.5, 0.6) is 0 Å². The van der Waals surface area contributed by atoms with Gasteiger partial charge >= 0.3 is 5.97 Å². The molecule has 0 radical (unpaired) electrons. The molecule has 1 unspecified atom stereocenters. The van der Waals surface area contributed by atoms with E-state index in [1.165, 1.54) is 13.0 Å². The second-order valence-corrected chi connectivity index (χ2v) is 4.14. The molecular weight excluding hydrogens is 252 g/mol. The lowest BCUT2D eigenvalue weighted by atomic mass is 9.91. The highest BCUT2D eigenvalue weighted by Gasteiger charge is 2.38. The van der Waals surface area contributed by atoms with Crippen molar-refractivity contribution in [1.82, 2.24) is 5.32 Å². The van der Waals surface area contributed by atoms with Crippen LogP contribution in [0.2, 0.25) is 0 Å². The maximum atomic E-state index is 13.9. The van der Waals surface area contributed by atoms with Gasteiger partial charge in [0, 0.05) is 18.2 Å². The van der Waals surface area contributed by atoms with Gasteiger partial charge in [0.15, 0.2) is 0 Å². The quantitative estimate of drug-likeness (QED) is 0.637. The largest absolute Gasteiger partial charge is 0.464 e. The smallest absolute Gasteiger partial charge is 0.330 e. The molecule has 0 aliphatic carbocycles. The molecule has 0 aromatic heterocycles. The van der Waals surface area contributed by atoms with Gasteiger partial charge in [-0.25, -0.2) is 13.6 Å². The average Bonchev–Trinajstić information content (AvgIpc) is 2.36. The second-order valence-electron chi connectivity index (χ2n) is 4.14. The normalized spacial score (nSPS) is 13.7. The van der Waals surface area contributed by atoms with Gasteiger partial charge in [0.05, 0.1) is 6.61 Å². The lowest BCUT2D eigenvalue weighted by Gasteiger charge is -2.29. The Hall–Kier alpha value is -1.75. The summed E-state index contributed by atoms with van der Waals surface area (Å²) >= 11 is 0. The van der Waals surface area contributed by atoms with Gasteiger partial charge in [-0.15, -0.1) is 6.58 Å². The Kier molecular flexibility index (Phi) is 5.18. The number of benzene rings is 1. The van der Waals surface area contributed by atoms with E-state index in [0.717, 1.165) is 12.1 Å². The summed E-state index contributed by atoms with van der Waals surface area (Å²) in [6, 6.07) is 3.07. The third-order valence-electron chi connectivity index (χ3n) is 2.75. The minimum absolute atomic E-state index is 0.0363. The lowest BCUT2D eigenvalue weighted by Crippen LogP contribution is -2.48. The van der Waals surface area contributed by atoms with E-state index in [9.17, 15) is 13.6 Å². The van der Waals surface area contributed by atoms with Crippen molar-refractivity contribution < 1.29 is 18.3 Å². The van der Waals surface area contributed by atoms with E-state index in [4.69, 9.17) is 4.74 Å². The Balaban J connectivity index is 3.21. The lowest BCUT2D eigenvalue weighted by molar-refractivity contribution is -0.151. The van der Waals surface area contributed by atoms with Gasteiger partial charge in [0.1, 0.15) is 17.2 Å². The minimum Gasteiger partial charge on any atom is -0.464 e. The van der Waals surface area contributed by atoms with Crippen LogP contribution in [0.4, 0.5) is 8.78 Å². The SMILES string of the molecule is C=CCNC(C)(C(=O)OCC)c1ccc(F)cc1F. The molecule has 1 rings (SSSR count). The van der Waals surface area contributed by atoms with Crippen molar-refractivity contribution in [3.63, 3.8) is 0 Å². The van der Waals surface area contributed by atoms with E-state index in [1.54, 1.807) is 13.0 Å². The summed E-state index contributed by atoms with van der Waals surface area (Å²) in [5, 5.41) is 2.85. The van der Waals surface area contributed by atoms with Gasteiger partial charge in [-0.3, -0.25) is 5.32 Å². The number of carbonyl (C=O) groups is 1. The van der Waals surface area contributed by atoms with Crippen LogP contribution >= 0.6 is 0 Å². The summed E-state index contributed by atoms with van der Waals surface area (Å²) in [6.07, 6.45) is 1.54. The van der Waals surface area contributed by atoms with Crippen LogP contribution in [-0.4, -0.2) is 19.1 Å². The van der Waals surface area contributed by atoms with Crippen molar-refractivity contribution in [2.24, 2.45) is 0 Å². The number of esters is 1. The Morgan fingerprint density at radius 2 is 2.21 bits per heavy atom. The molecule has 0 saturated carbocycles. The predicted octanol–water partition coefficient (Wildman–Crippen LogP) is 2.52. The summed E-state index contributed by atoms with van der Waals surface area (Å²) in [4.78, 5) is 12.0. The van der Waals surface area contributed by atoms with Gasteiger partial charge in [-0.05, 0) is 19.9 Å². The molecule has 0 heterocycles. The zero-order chi connectivity index (χ0) is 14.5. The molecule has 0 amide bonds. The van der Waals surface area contributed by atoms with Gasteiger partial charge in [0.2, 0.25) is 0 Å². The third-order valence-corrected chi connectivity index (χ3v) is 2.75. The van der Waals surface area contributed by atoms with Crippen molar-refractivity contribution >= 4 is 5.97 Å². The second kappa shape index (κ2) is 6.43. The molecule has 0 bridgehead atoms. The molecule has 1 aromatic carbocycles. The number of hydrogen-bond acceptors (Lipinski definition) is 3. The van der Waals surface area contributed by atoms with Crippen LogP contribution in [0.15, 0.2) is 30.9 Å². The first-order valence-electron chi connectivity index (χ1n) is 5.94. The monoisotopic (exact) mass is 269 g/mol. The average molecular weight is 269 g/mol. The van der Waals surface area contributed by atoms with Crippen LogP contribution in [0, 0.1) is 11.6 Å². The number of ether oxygens (including phenoxy) is 1. The minimum atomic E-state index is -1.39. The number of nitrogens with one attached hydrogen (secondary N) is 1. The fraction of sp³-hybridized carbons (Fsp3) is 0.357. The number of rotatable bonds is 6. The Labute approximate surface area is 111 Å². The van der Waals surface area contributed by atoms with Crippen LogP contribution in [-0.2, 0) is 15.1 Å². The maximum Gasteiger partial charge on any atom is 0.330 e. The van der Waals surface area contributed by atoms with E-state index in [-0.39, 0.29) is 18.7 Å². The van der Waals surface area contributed by atoms with E-state index in [2.05, 4.69) is 11.9 Å². The molecule has 0 aliphatic heterocycles. The van der Waals surface area contributed by atoms with E-state index < -0.39 is 23.1 Å². The summed E-state index contributed by atoms with van der Waals surface area (Å²) in [5.74, 6) is -2.12. The summed E-state index contributed by atoms with van der Waals surface area (Å²) in [6.45, 7) is 7.14. The Morgan fingerprint density at radius 3 is 2.74 bits per heavy atom. The van der Waals surface area contributed by atoms with E-state index in [1.807, 2.05) is 0 Å².